The molecule has 1 rings (SSSR count). The largest absolute Gasteiger partial charge is 0.281 e. The molecular weight excluding hydrogens is 172 g/mol. The van der Waals surface area contributed by atoms with E-state index in [0.717, 1.165) is 12.8 Å². The molecule has 1 nitrogen and oxygen atoms in total. The van der Waals surface area contributed by atoms with Crippen molar-refractivity contribution in [3.8, 4) is 0 Å². The highest BCUT2D eigenvalue weighted by Crippen LogP contribution is 2.21. The van der Waals surface area contributed by atoms with Gasteiger partial charge in [-0.1, -0.05) is 18.6 Å². The first kappa shape index (κ1) is 9.79. The molecule has 1 unspecified atom stereocenters. The molecule has 0 bridgehead atoms. The van der Waals surface area contributed by atoms with E-state index in [1.54, 1.807) is 0 Å². The quantitative estimate of drug-likeness (QED) is 0.478. The molecule has 0 saturated carbocycles. The molecule has 0 fully saturated rings. The van der Waals surface area contributed by atoms with Crippen molar-refractivity contribution in [1.29, 1.82) is 0 Å². The van der Waals surface area contributed by atoms with E-state index in [2.05, 4.69) is 12.2 Å². The highest BCUT2D eigenvalue weighted by atomic mass is 35.5. The van der Waals surface area contributed by atoms with Gasteiger partial charge in [0.1, 0.15) is 0 Å². The van der Waals surface area contributed by atoms with Crippen molar-refractivity contribution in [2.75, 3.05) is 0 Å². The molecule has 1 aliphatic rings. The van der Waals surface area contributed by atoms with Crippen LogP contribution in [0.5, 0.6) is 0 Å². The molecule has 0 heterocycles. The molecule has 12 heavy (non-hydrogen) atoms. The van der Waals surface area contributed by atoms with Crippen LogP contribution in [0, 0.1) is 5.92 Å². The van der Waals surface area contributed by atoms with Crippen LogP contribution < -0.4 is 0 Å². The number of allylic oxidation sites excluding steroid dienone is 2. The third kappa shape index (κ3) is 3.91. The average Bonchev–Trinajstić information content (AvgIpc) is 1.93. The van der Waals surface area contributed by atoms with Crippen LogP contribution in [-0.2, 0) is 4.79 Å². The first-order valence-corrected chi connectivity index (χ1v) is 5.00. The zero-order valence-electron chi connectivity index (χ0n) is 7.26. The molecule has 0 aromatic heterocycles. The Balaban J connectivity index is 2.35. The molecule has 0 aromatic carbocycles. The van der Waals surface area contributed by atoms with Crippen molar-refractivity contribution in [1.82, 2.24) is 0 Å². The van der Waals surface area contributed by atoms with Crippen molar-refractivity contribution in [2.24, 2.45) is 5.92 Å². The predicted octanol–water partition coefficient (Wildman–Crippen LogP) is 3.28. The van der Waals surface area contributed by atoms with E-state index in [1.807, 2.05) is 0 Å². The van der Waals surface area contributed by atoms with Crippen LogP contribution in [0.4, 0.5) is 0 Å². The maximum Gasteiger partial charge on any atom is 0.221 e. The summed E-state index contributed by atoms with van der Waals surface area (Å²) in [6.45, 7) is 0. The Bertz CT molecular complexity index is 175. The molecule has 0 radical (unpaired) electrons. The monoisotopic (exact) mass is 186 g/mol. The molecule has 0 spiro atoms. The van der Waals surface area contributed by atoms with E-state index < -0.39 is 0 Å². The van der Waals surface area contributed by atoms with Gasteiger partial charge >= 0.3 is 0 Å². The van der Waals surface area contributed by atoms with E-state index in [0.29, 0.717) is 12.3 Å². The number of carbonyl (C=O) groups is 1. The van der Waals surface area contributed by atoms with Gasteiger partial charge in [-0.25, -0.2) is 0 Å². The summed E-state index contributed by atoms with van der Waals surface area (Å²) in [6.07, 6.45) is 10.8. The van der Waals surface area contributed by atoms with E-state index in [9.17, 15) is 4.79 Å². The van der Waals surface area contributed by atoms with Crippen LogP contribution in [0.25, 0.3) is 0 Å². The van der Waals surface area contributed by atoms with Crippen molar-refractivity contribution in [2.45, 2.75) is 38.5 Å². The van der Waals surface area contributed by atoms with E-state index in [1.165, 1.54) is 19.3 Å². The van der Waals surface area contributed by atoms with Gasteiger partial charge in [0.25, 0.3) is 0 Å². The number of hydrogen-bond acceptors (Lipinski definition) is 1. The minimum absolute atomic E-state index is 0.186. The number of halogens is 1. The maximum absolute atomic E-state index is 10.7. The second-order valence-electron chi connectivity index (χ2n) is 3.42. The fourth-order valence-corrected chi connectivity index (χ4v) is 1.85. The fourth-order valence-electron chi connectivity index (χ4n) is 1.63. The second kappa shape index (κ2) is 5.36. The fraction of sp³-hybridized carbons (Fsp3) is 0.700. The van der Waals surface area contributed by atoms with Crippen molar-refractivity contribution in [3.63, 3.8) is 0 Å². The molecule has 2 heteroatoms. The summed E-state index contributed by atoms with van der Waals surface area (Å²) >= 11 is 5.34. The zero-order valence-corrected chi connectivity index (χ0v) is 8.02. The summed E-state index contributed by atoms with van der Waals surface area (Å²) < 4.78 is 0. The summed E-state index contributed by atoms with van der Waals surface area (Å²) in [5.41, 5.74) is 0. The molecule has 0 aliphatic heterocycles. The predicted molar refractivity (Wildman–Crippen MR) is 51.2 cm³/mol. The lowest BCUT2D eigenvalue weighted by molar-refractivity contribution is -0.112. The van der Waals surface area contributed by atoms with Gasteiger partial charge in [-0.05, 0) is 43.2 Å². The van der Waals surface area contributed by atoms with Crippen LogP contribution in [-0.4, -0.2) is 5.24 Å². The van der Waals surface area contributed by atoms with Gasteiger partial charge in [0, 0.05) is 6.42 Å². The topological polar surface area (TPSA) is 17.1 Å². The first-order valence-electron chi connectivity index (χ1n) is 4.62. The Morgan fingerprint density at radius 2 is 2.25 bits per heavy atom. The Morgan fingerprint density at radius 3 is 3.00 bits per heavy atom. The second-order valence-corrected chi connectivity index (χ2v) is 3.84. The molecule has 0 aromatic rings. The third-order valence-corrected chi connectivity index (χ3v) is 2.47. The summed E-state index contributed by atoms with van der Waals surface area (Å²) in [7, 11) is 0. The van der Waals surface area contributed by atoms with Crippen molar-refractivity contribution in [3.05, 3.63) is 12.2 Å². The minimum Gasteiger partial charge on any atom is -0.281 e. The molecule has 1 atom stereocenters. The Kier molecular flexibility index (Phi) is 4.37. The van der Waals surface area contributed by atoms with Gasteiger partial charge in [0.2, 0.25) is 5.24 Å². The zero-order chi connectivity index (χ0) is 8.81. The van der Waals surface area contributed by atoms with Crippen LogP contribution >= 0.6 is 11.6 Å². The summed E-state index contributed by atoms with van der Waals surface area (Å²) in [5.74, 6) is 0.492. The first-order chi connectivity index (χ1) is 5.79. The molecule has 0 amide bonds. The number of carbonyl (C=O) groups excluding carboxylic acids is 1. The highest BCUT2D eigenvalue weighted by molar-refractivity contribution is 6.63. The van der Waals surface area contributed by atoms with E-state index in [-0.39, 0.29) is 5.24 Å². The summed E-state index contributed by atoms with van der Waals surface area (Å²) in [4.78, 5) is 10.7. The van der Waals surface area contributed by atoms with Crippen LogP contribution in [0.3, 0.4) is 0 Å². The van der Waals surface area contributed by atoms with Gasteiger partial charge in [-0.3, -0.25) is 4.79 Å². The van der Waals surface area contributed by atoms with Crippen LogP contribution in [0.2, 0.25) is 0 Å². The van der Waals surface area contributed by atoms with Gasteiger partial charge in [0.15, 0.2) is 0 Å². The maximum atomic E-state index is 10.7. The highest BCUT2D eigenvalue weighted by Gasteiger charge is 2.11. The third-order valence-electron chi connectivity index (χ3n) is 2.32. The lowest BCUT2D eigenvalue weighted by Gasteiger charge is -2.13. The van der Waals surface area contributed by atoms with Crippen LogP contribution in [0.15, 0.2) is 12.2 Å². The van der Waals surface area contributed by atoms with Gasteiger partial charge in [0.05, 0.1) is 0 Å². The molecule has 0 N–H and O–H groups in total. The molecule has 0 saturated heterocycles. The molecule has 68 valence electrons. The van der Waals surface area contributed by atoms with Crippen LogP contribution in [0.1, 0.15) is 38.5 Å². The summed E-state index contributed by atoms with van der Waals surface area (Å²) in [6, 6.07) is 0. The Labute approximate surface area is 78.8 Å². The van der Waals surface area contributed by atoms with Gasteiger partial charge < -0.3 is 0 Å². The molecule has 1 aliphatic carbocycles. The standard InChI is InChI=1S/C10H15ClO/c11-10(12)8-9-6-4-2-1-3-5-7-9/h2,4,9H,1,3,5-8H2. The van der Waals surface area contributed by atoms with Crippen molar-refractivity contribution < 1.29 is 4.79 Å². The summed E-state index contributed by atoms with van der Waals surface area (Å²) in [5, 5.41) is -0.186. The normalized spacial score (nSPS) is 24.6. The lowest BCUT2D eigenvalue weighted by atomic mass is 9.93. The van der Waals surface area contributed by atoms with E-state index in [4.69, 9.17) is 11.6 Å². The smallest absolute Gasteiger partial charge is 0.221 e. The molecular formula is C10H15ClO. The average molecular weight is 187 g/mol. The minimum atomic E-state index is -0.186. The number of rotatable bonds is 2. The van der Waals surface area contributed by atoms with Gasteiger partial charge in [-0.2, -0.15) is 0 Å². The SMILES string of the molecule is O=C(Cl)CC1CC=CCCCC1. The Hall–Kier alpha value is -0.300. The van der Waals surface area contributed by atoms with Gasteiger partial charge in [-0.15, -0.1) is 0 Å². The lowest BCUT2D eigenvalue weighted by Crippen LogP contribution is -2.04. The van der Waals surface area contributed by atoms with E-state index >= 15 is 0 Å². The number of hydrogen-bond donors (Lipinski definition) is 0. The Morgan fingerprint density at radius 1 is 1.42 bits per heavy atom. The van der Waals surface area contributed by atoms with Crippen molar-refractivity contribution >= 4 is 16.8 Å².